The molecule has 1 aromatic heterocycles. The Bertz CT molecular complexity index is 269. The Morgan fingerprint density at radius 3 is 2.77 bits per heavy atom. The minimum Gasteiger partial charge on any atom is -0.467 e. The van der Waals surface area contributed by atoms with Crippen LogP contribution in [0, 0.1) is 0 Å². The van der Waals surface area contributed by atoms with E-state index < -0.39 is 5.37 Å². The SMILES string of the molecule is CC(C)N(Cc1ccco1)C(=O)Cl. The first kappa shape index (κ1) is 10.1. The van der Waals surface area contributed by atoms with Gasteiger partial charge in [0.25, 0.3) is 0 Å². The van der Waals surface area contributed by atoms with Gasteiger partial charge in [-0.05, 0) is 37.6 Å². The van der Waals surface area contributed by atoms with Crippen molar-refractivity contribution in [2.45, 2.75) is 26.4 Å². The quantitative estimate of drug-likeness (QED) is 0.557. The van der Waals surface area contributed by atoms with E-state index in [0.717, 1.165) is 5.76 Å². The molecule has 0 unspecified atom stereocenters. The molecule has 0 aliphatic carbocycles. The Balaban J connectivity index is 2.63. The number of halogens is 1. The molecule has 1 rings (SSSR count). The summed E-state index contributed by atoms with van der Waals surface area (Å²) in [5.74, 6) is 0.739. The molecule has 4 heteroatoms. The molecule has 1 aromatic rings. The molecule has 1 amide bonds. The fourth-order valence-corrected chi connectivity index (χ4v) is 1.27. The minimum atomic E-state index is -0.452. The summed E-state index contributed by atoms with van der Waals surface area (Å²) in [6.07, 6.45) is 1.58. The maximum Gasteiger partial charge on any atom is 0.317 e. The average molecular weight is 202 g/mol. The number of amides is 1. The largest absolute Gasteiger partial charge is 0.467 e. The molecule has 72 valence electrons. The smallest absolute Gasteiger partial charge is 0.317 e. The van der Waals surface area contributed by atoms with Gasteiger partial charge in [0.15, 0.2) is 0 Å². The molecule has 0 N–H and O–H groups in total. The van der Waals surface area contributed by atoms with Crippen LogP contribution in [0.2, 0.25) is 0 Å². The van der Waals surface area contributed by atoms with Crippen molar-refractivity contribution in [3.63, 3.8) is 0 Å². The van der Waals surface area contributed by atoms with Crippen LogP contribution in [0.1, 0.15) is 19.6 Å². The summed E-state index contributed by atoms with van der Waals surface area (Å²) in [6, 6.07) is 3.68. The van der Waals surface area contributed by atoms with Crippen LogP contribution in [0.5, 0.6) is 0 Å². The second-order valence-corrected chi connectivity index (χ2v) is 3.38. The topological polar surface area (TPSA) is 33.5 Å². The number of furan rings is 1. The molecule has 0 spiro atoms. The van der Waals surface area contributed by atoms with E-state index in [1.807, 2.05) is 19.9 Å². The molecule has 1 heterocycles. The third kappa shape index (κ3) is 2.77. The molecule has 13 heavy (non-hydrogen) atoms. The van der Waals surface area contributed by atoms with Crippen LogP contribution in [0.25, 0.3) is 0 Å². The highest BCUT2D eigenvalue weighted by Crippen LogP contribution is 2.11. The number of rotatable bonds is 3. The van der Waals surface area contributed by atoms with Gasteiger partial charge in [0.2, 0.25) is 0 Å². The van der Waals surface area contributed by atoms with E-state index >= 15 is 0 Å². The number of carbonyl (C=O) groups excluding carboxylic acids is 1. The van der Waals surface area contributed by atoms with Gasteiger partial charge in [0.1, 0.15) is 5.76 Å². The van der Waals surface area contributed by atoms with Crippen LogP contribution < -0.4 is 0 Å². The Labute approximate surface area is 82.3 Å². The first-order chi connectivity index (χ1) is 6.11. The number of hydrogen-bond donors (Lipinski definition) is 0. The molecule has 0 fully saturated rings. The van der Waals surface area contributed by atoms with Gasteiger partial charge in [0, 0.05) is 6.04 Å². The van der Waals surface area contributed by atoms with Crippen molar-refractivity contribution in [3.8, 4) is 0 Å². The van der Waals surface area contributed by atoms with Crippen LogP contribution in [0.15, 0.2) is 22.8 Å². The molecule has 0 aliphatic rings. The summed E-state index contributed by atoms with van der Waals surface area (Å²) in [6.45, 7) is 4.24. The van der Waals surface area contributed by atoms with Gasteiger partial charge in [-0.3, -0.25) is 4.79 Å². The molecule has 0 saturated heterocycles. The molecular formula is C9H12ClNO2. The van der Waals surface area contributed by atoms with Gasteiger partial charge in [-0.1, -0.05) is 0 Å². The maximum atomic E-state index is 11.0. The summed E-state index contributed by atoms with van der Waals surface area (Å²) < 4.78 is 5.11. The van der Waals surface area contributed by atoms with Crippen molar-refractivity contribution in [1.29, 1.82) is 0 Å². The van der Waals surface area contributed by atoms with E-state index in [4.69, 9.17) is 16.0 Å². The maximum absolute atomic E-state index is 11.0. The Morgan fingerprint density at radius 1 is 1.69 bits per heavy atom. The van der Waals surface area contributed by atoms with Crippen LogP contribution >= 0.6 is 11.6 Å². The Morgan fingerprint density at radius 2 is 2.38 bits per heavy atom. The number of hydrogen-bond acceptors (Lipinski definition) is 2. The second kappa shape index (κ2) is 4.33. The lowest BCUT2D eigenvalue weighted by molar-refractivity contribution is 0.197. The monoisotopic (exact) mass is 201 g/mol. The fourth-order valence-electron chi connectivity index (χ4n) is 1.02. The normalized spacial score (nSPS) is 10.5. The van der Waals surface area contributed by atoms with Crippen LogP contribution in [-0.2, 0) is 6.54 Å². The summed E-state index contributed by atoms with van der Waals surface area (Å²) in [5, 5.41) is -0.452. The van der Waals surface area contributed by atoms with E-state index in [2.05, 4.69) is 0 Å². The van der Waals surface area contributed by atoms with Crippen molar-refractivity contribution in [3.05, 3.63) is 24.2 Å². The highest BCUT2D eigenvalue weighted by Gasteiger charge is 2.15. The summed E-state index contributed by atoms with van der Waals surface area (Å²) in [7, 11) is 0. The number of nitrogens with zero attached hydrogens (tertiary/aromatic N) is 1. The second-order valence-electron chi connectivity index (χ2n) is 3.05. The predicted octanol–water partition coefficient (Wildman–Crippen LogP) is 2.85. The van der Waals surface area contributed by atoms with E-state index in [-0.39, 0.29) is 6.04 Å². The molecule has 0 aliphatic heterocycles. The highest BCUT2D eigenvalue weighted by atomic mass is 35.5. The predicted molar refractivity (Wildman–Crippen MR) is 50.6 cm³/mol. The first-order valence-corrected chi connectivity index (χ1v) is 4.47. The van der Waals surface area contributed by atoms with Gasteiger partial charge in [0.05, 0.1) is 12.8 Å². The average Bonchev–Trinajstić information content (AvgIpc) is 2.50. The lowest BCUT2D eigenvalue weighted by Gasteiger charge is -2.22. The lowest BCUT2D eigenvalue weighted by Crippen LogP contribution is -2.32. The van der Waals surface area contributed by atoms with Crippen molar-refractivity contribution in [2.75, 3.05) is 0 Å². The summed E-state index contributed by atoms with van der Waals surface area (Å²) in [5.41, 5.74) is 0. The number of carbonyl (C=O) groups is 1. The summed E-state index contributed by atoms with van der Waals surface area (Å²) in [4.78, 5) is 12.5. The van der Waals surface area contributed by atoms with Crippen molar-refractivity contribution in [2.24, 2.45) is 0 Å². The van der Waals surface area contributed by atoms with Gasteiger partial charge in [-0.15, -0.1) is 0 Å². The van der Waals surface area contributed by atoms with Crippen molar-refractivity contribution in [1.82, 2.24) is 4.90 Å². The van der Waals surface area contributed by atoms with Crippen LogP contribution in [0.3, 0.4) is 0 Å². The van der Waals surface area contributed by atoms with E-state index in [1.54, 1.807) is 12.3 Å². The lowest BCUT2D eigenvalue weighted by atomic mass is 10.3. The van der Waals surface area contributed by atoms with Gasteiger partial charge in [-0.25, -0.2) is 0 Å². The van der Waals surface area contributed by atoms with E-state index in [1.165, 1.54) is 4.90 Å². The molecule has 0 atom stereocenters. The van der Waals surface area contributed by atoms with Gasteiger partial charge >= 0.3 is 5.37 Å². The van der Waals surface area contributed by atoms with E-state index in [9.17, 15) is 4.79 Å². The third-order valence-corrected chi connectivity index (χ3v) is 1.97. The summed E-state index contributed by atoms with van der Waals surface area (Å²) >= 11 is 5.40. The molecule has 0 bridgehead atoms. The Kier molecular flexibility index (Phi) is 3.37. The zero-order valence-electron chi connectivity index (χ0n) is 7.66. The van der Waals surface area contributed by atoms with Gasteiger partial charge in [-0.2, -0.15) is 0 Å². The molecular weight excluding hydrogens is 190 g/mol. The Hall–Kier alpha value is -0.960. The molecule has 0 aromatic carbocycles. The van der Waals surface area contributed by atoms with Crippen molar-refractivity contribution >= 4 is 17.0 Å². The molecule has 0 radical (unpaired) electrons. The zero-order valence-corrected chi connectivity index (χ0v) is 8.41. The van der Waals surface area contributed by atoms with Gasteiger partial charge < -0.3 is 9.32 Å². The first-order valence-electron chi connectivity index (χ1n) is 4.09. The van der Waals surface area contributed by atoms with Crippen LogP contribution in [-0.4, -0.2) is 16.3 Å². The standard InChI is InChI=1S/C9H12ClNO2/c1-7(2)11(9(10)12)6-8-4-3-5-13-8/h3-5,7H,6H2,1-2H3. The van der Waals surface area contributed by atoms with Crippen molar-refractivity contribution < 1.29 is 9.21 Å². The fraction of sp³-hybridized carbons (Fsp3) is 0.444. The van der Waals surface area contributed by atoms with Crippen LogP contribution in [0.4, 0.5) is 4.79 Å². The molecule has 0 saturated carbocycles. The highest BCUT2D eigenvalue weighted by molar-refractivity contribution is 6.62. The molecule has 3 nitrogen and oxygen atoms in total. The van der Waals surface area contributed by atoms with E-state index in [0.29, 0.717) is 6.54 Å². The third-order valence-electron chi connectivity index (χ3n) is 1.76. The minimum absolute atomic E-state index is 0.0788. The zero-order chi connectivity index (χ0) is 9.84.